The summed E-state index contributed by atoms with van der Waals surface area (Å²) in [5, 5.41) is 34.3. The molecule has 2 atom stereocenters. The third kappa shape index (κ3) is 2.26. The van der Waals surface area contributed by atoms with Gasteiger partial charge >= 0.3 is 7.12 Å². The van der Waals surface area contributed by atoms with Crippen LogP contribution in [0, 0.1) is 11.3 Å². The molecule has 2 unspecified atom stereocenters. The SMILES string of the molecule is N#CC1CCc2cc3c(cnn3C3CCCCO3)c(B(O)O)c21. The van der Waals surface area contributed by atoms with E-state index in [1.54, 1.807) is 6.20 Å². The van der Waals surface area contributed by atoms with Crippen LogP contribution in [0.25, 0.3) is 10.9 Å². The highest BCUT2D eigenvalue weighted by atomic mass is 16.5. The van der Waals surface area contributed by atoms with Gasteiger partial charge in [-0.15, -0.1) is 0 Å². The molecule has 2 heterocycles. The van der Waals surface area contributed by atoms with E-state index in [0.717, 1.165) is 55.4 Å². The van der Waals surface area contributed by atoms with Gasteiger partial charge in [-0.25, -0.2) is 4.68 Å². The van der Waals surface area contributed by atoms with Crippen molar-refractivity contribution in [1.82, 2.24) is 9.78 Å². The number of nitrogens with zero attached hydrogens (tertiary/aromatic N) is 3. The Balaban J connectivity index is 1.92. The van der Waals surface area contributed by atoms with Crippen LogP contribution in [0.15, 0.2) is 12.3 Å². The molecular weight excluding hydrogens is 293 g/mol. The summed E-state index contributed by atoms with van der Waals surface area (Å²) in [6, 6.07) is 4.32. The molecule has 23 heavy (non-hydrogen) atoms. The Morgan fingerprint density at radius 3 is 2.91 bits per heavy atom. The molecule has 1 aliphatic carbocycles. The Bertz CT molecular complexity index is 790. The van der Waals surface area contributed by atoms with Crippen LogP contribution in [0.3, 0.4) is 0 Å². The molecule has 0 bridgehead atoms. The number of ether oxygens (including phenoxy) is 1. The summed E-state index contributed by atoms with van der Waals surface area (Å²) in [7, 11) is -1.61. The maximum absolute atomic E-state index is 9.90. The number of nitriles is 1. The number of aryl methyl sites for hydroxylation is 1. The van der Waals surface area contributed by atoms with Crippen molar-refractivity contribution in [2.24, 2.45) is 0 Å². The van der Waals surface area contributed by atoms with Crippen LogP contribution in [0.2, 0.25) is 0 Å². The zero-order valence-corrected chi connectivity index (χ0v) is 12.8. The number of benzene rings is 1. The molecule has 4 rings (SSSR count). The van der Waals surface area contributed by atoms with Gasteiger partial charge in [0.25, 0.3) is 0 Å². The summed E-state index contributed by atoms with van der Waals surface area (Å²) in [5.74, 6) is -0.277. The molecule has 2 aliphatic rings. The largest absolute Gasteiger partial charge is 0.489 e. The third-order valence-electron chi connectivity index (χ3n) is 4.96. The molecule has 2 aromatic rings. The van der Waals surface area contributed by atoms with Gasteiger partial charge in [0.2, 0.25) is 0 Å². The zero-order chi connectivity index (χ0) is 16.0. The topological polar surface area (TPSA) is 91.3 Å². The van der Waals surface area contributed by atoms with E-state index in [-0.39, 0.29) is 12.1 Å². The summed E-state index contributed by atoms with van der Waals surface area (Å²) in [6.45, 7) is 0.725. The van der Waals surface area contributed by atoms with E-state index in [4.69, 9.17) is 4.74 Å². The Morgan fingerprint density at radius 1 is 1.35 bits per heavy atom. The van der Waals surface area contributed by atoms with E-state index in [9.17, 15) is 15.3 Å². The predicted octanol–water partition coefficient (Wildman–Crippen LogP) is 0.969. The average Bonchev–Trinajstić information content (AvgIpc) is 3.16. The highest BCUT2D eigenvalue weighted by Crippen LogP contribution is 2.35. The fourth-order valence-corrected chi connectivity index (χ4v) is 3.90. The molecule has 1 aliphatic heterocycles. The van der Waals surface area contributed by atoms with Crippen LogP contribution in [-0.4, -0.2) is 33.6 Å². The van der Waals surface area contributed by atoms with E-state index in [1.807, 2.05) is 10.7 Å². The van der Waals surface area contributed by atoms with Gasteiger partial charge in [0.05, 0.1) is 23.7 Å². The van der Waals surface area contributed by atoms with Gasteiger partial charge in [0.1, 0.15) is 0 Å². The lowest BCUT2D eigenvalue weighted by Gasteiger charge is -2.24. The van der Waals surface area contributed by atoms with Gasteiger partial charge in [0.15, 0.2) is 6.23 Å². The molecule has 1 aromatic carbocycles. The molecule has 0 amide bonds. The minimum absolute atomic E-state index is 0.101. The van der Waals surface area contributed by atoms with E-state index >= 15 is 0 Å². The Morgan fingerprint density at radius 2 is 2.22 bits per heavy atom. The normalized spacial score (nSPS) is 23.7. The standard InChI is InChI=1S/C16H18BN3O3/c18-8-11-5-4-10-7-13-12(16(15(10)11)17(21)22)9-19-20(13)14-3-1-2-6-23-14/h7,9,11,14,21-22H,1-6H2. The molecule has 2 N–H and O–H groups in total. The first-order chi connectivity index (χ1) is 11.2. The molecule has 1 saturated heterocycles. The van der Waals surface area contributed by atoms with Gasteiger partial charge in [-0.2, -0.15) is 10.4 Å². The monoisotopic (exact) mass is 311 g/mol. The molecule has 118 valence electrons. The van der Waals surface area contributed by atoms with Gasteiger partial charge in [0, 0.05) is 12.0 Å². The molecular formula is C16H18BN3O3. The lowest BCUT2D eigenvalue weighted by atomic mass is 9.72. The number of hydrogen-bond donors (Lipinski definition) is 2. The van der Waals surface area contributed by atoms with Crippen molar-refractivity contribution >= 4 is 23.5 Å². The molecule has 0 radical (unpaired) electrons. The predicted molar refractivity (Wildman–Crippen MR) is 85.1 cm³/mol. The second-order valence-corrected chi connectivity index (χ2v) is 6.30. The van der Waals surface area contributed by atoms with Crippen LogP contribution in [0.1, 0.15) is 49.0 Å². The maximum Gasteiger partial charge on any atom is 0.489 e. The summed E-state index contributed by atoms with van der Waals surface area (Å²) < 4.78 is 7.66. The van der Waals surface area contributed by atoms with Crippen molar-refractivity contribution in [3.8, 4) is 6.07 Å². The minimum atomic E-state index is -1.61. The van der Waals surface area contributed by atoms with E-state index in [0.29, 0.717) is 10.8 Å². The first kappa shape index (κ1) is 14.7. The number of fused-ring (bicyclic) bond motifs is 2. The fourth-order valence-electron chi connectivity index (χ4n) is 3.90. The molecule has 6 nitrogen and oxygen atoms in total. The number of hydrogen-bond acceptors (Lipinski definition) is 5. The van der Waals surface area contributed by atoms with Gasteiger partial charge in [-0.05, 0) is 54.8 Å². The lowest BCUT2D eigenvalue weighted by molar-refractivity contribution is -0.0366. The van der Waals surface area contributed by atoms with Gasteiger partial charge < -0.3 is 14.8 Å². The Kier molecular flexibility index (Phi) is 3.61. The first-order valence-electron chi connectivity index (χ1n) is 8.11. The van der Waals surface area contributed by atoms with Gasteiger partial charge in [-0.3, -0.25) is 0 Å². The average molecular weight is 311 g/mol. The number of aromatic nitrogens is 2. The van der Waals surface area contributed by atoms with Gasteiger partial charge in [-0.1, -0.05) is 0 Å². The number of rotatable bonds is 2. The van der Waals surface area contributed by atoms with Crippen LogP contribution in [0.4, 0.5) is 0 Å². The first-order valence-corrected chi connectivity index (χ1v) is 8.11. The lowest BCUT2D eigenvalue weighted by Crippen LogP contribution is -2.34. The second-order valence-electron chi connectivity index (χ2n) is 6.30. The summed E-state index contributed by atoms with van der Waals surface area (Å²) >= 11 is 0. The Labute approximate surface area is 134 Å². The highest BCUT2D eigenvalue weighted by Gasteiger charge is 2.33. The van der Waals surface area contributed by atoms with E-state index in [1.165, 1.54) is 0 Å². The van der Waals surface area contributed by atoms with Crippen molar-refractivity contribution in [3.05, 3.63) is 23.4 Å². The molecule has 0 spiro atoms. The van der Waals surface area contributed by atoms with Crippen LogP contribution >= 0.6 is 0 Å². The summed E-state index contributed by atoms with van der Waals surface area (Å²) in [6.07, 6.45) is 6.14. The fraction of sp³-hybridized carbons (Fsp3) is 0.500. The summed E-state index contributed by atoms with van der Waals surface area (Å²) in [5.41, 5.74) is 3.09. The second kappa shape index (κ2) is 5.64. The zero-order valence-electron chi connectivity index (χ0n) is 12.8. The van der Waals surface area contributed by atoms with Crippen LogP contribution < -0.4 is 5.46 Å². The minimum Gasteiger partial charge on any atom is -0.423 e. The maximum atomic E-state index is 9.90. The molecule has 7 heteroatoms. The van der Waals surface area contributed by atoms with Crippen molar-refractivity contribution in [2.75, 3.05) is 6.61 Å². The molecule has 0 saturated carbocycles. The van der Waals surface area contributed by atoms with Crippen LogP contribution in [0.5, 0.6) is 0 Å². The van der Waals surface area contributed by atoms with Crippen molar-refractivity contribution in [2.45, 2.75) is 44.2 Å². The summed E-state index contributed by atoms with van der Waals surface area (Å²) in [4.78, 5) is 0. The third-order valence-corrected chi connectivity index (χ3v) is 4.96. The van der Waals surface area contributed by atoms with Crippen LogP contribution in [-0.2, 0) is 11.2 Å². The quantitative estimate of drug-likeness (QED) is 0.806. The van der Waals surface area contributed by atoms with E-state index in [2.05, 4.69) is 11.2 Å². The van der Waals surface area contributed by atoms with E-state index < -0.39 is 7.12 Å². The van der Waals surface area contributed by atoms with Crippen molar-refractivity contribution < 1.29 is 14.8 Å². The molecule has 1 aromatic heterocycles. The van der Waals surface area contributed by atoms with Crippen molar-refractivity contribution in [3.63, 3.8) is 0 Å². The highest BCUT2D eigenvalue weighted by molar-refractivity contribution is 6.62. The molecule has 1 fully saturated rings. The Hall–Kier alpha value is -1.88. The van der Waals surface area contributed by atoms with Crippen molar-refractivity contribution in [1.29, 1.82) is 5.26 Å². The smallest absolute Gasteiger partial charge is 0.423 e.